The molecule has 2 aliphatic rings. The molecule has 50 heavy (non-hydrogen) atoms. The first kappa shape index (κ1) is 35.5. The first-order chi connectivity index (χ1) is 23.9. The summed E-state index contributed by atoms with van der Waals surface area (Å²) in [6, 6.07) is 12.3. The van der Waals surface area contributed by atoms with Crippen molar-refractivity contribution in [2.45, 2.75) is 58.5 Å². The van der Waals surface area contributed by atoms with Gasteiger partial charge in [-0.25, -0.2) is 18.6 Å². The average molecular weight is 724 g/mol. The van der Waals surface area contributed by atoms with Gasteiger partial charge < -0.3 is 28.8 Å². The van der Waals surface area contributed by atoms with Crippen LogP contribution in [0.4, 0.5) is 27.8 Å². The van der Waals surface area contributed by atoms with Gasteiger partial charge in [-0.1, -0.05) is 23.7 Å². The first-order valence-corrected chi connectivity index (χ1v) is 16.4. The van der Waals surface area contributed by atoms with Gasteiger partial charge in [-0.3, -0.25) is 9.29 Å². The van der Waals surface area contributed by atoms with Crippen molar-refractivity contribution < 1.29 is 46.1 Å². The number of carbonyl (C=O) groups is 1. The number of aromatic nitrogens is 3. The maximum absolute atomic E-state index is 14.1. The Kier molecular flexibility index (Phi) is 10.5. The molecule has 6 rings (SSSR count). The number of ether oxygens (including phenoxy) is 3. The zero-order valence-electron chi connectivity index (χ0n) is 27.0. The Morgan fingerprint density at radius 2 is 1.86 bits per heavy atom. The van der Waals surface area contributed by atoms with Gasteiger partial charge in [-0.15, -0.1) is 0 Å². The number of aromatic carboxylic acids is 1. The summed E-state index contributed by atoms with van der Waals surface area (Å²) >= 11 is 5.94. The standard InChI is InChI=1S/C34H35ClF5N5O5/c1-20-14-44(28-3-2-4-30(41-28)49-16-21-5-6-23(35)13-25(21)50-33(39)40)10-9-43(20)15-29-42-31-24(45(29)19-34(18-36)7-8-34)11-22(32(46)47)12-26(31)48-17-27(37)38/h2-6,11-13,20,27,33H,7-10,14-19H2,1H3,(H,46,47)/t20-/m0/s1. The van der Waals surface area contributed by atoms with Gasteiger partial charge in [0.25, 0.3) is 6.43 Å². The fourth-order valence-electron chi connectivity index (χ4n) is 6.05. The molecule has 0 spiro atoms. The van der Waals surface area contributed by atoms with Crippen LogP contribution in [0.1, 0.15) is 41.5 Å². The Hall–Kier alpha value is -4.37. The van der Waals surface area contributed by atoms with E-state index in [0.717, 1.165) is 0 Å². The van der Waals surface area contributed by atoms with Crippen LogP contribution in [-0.4, -0.2) is 82.5 Å². The fraction of sp³-hybridized carbons (Fsp3) is 0.441. The summed E-state index contributed by atoms with van der Waals surface area (Å²) in [4.78, 5) is 25.6. The predicted molar refractivity (Wildman–Crippen MR) is 175 cm³/mol. The number of benzene rings is 2. The molecule has 3 heterocycles. The molecule has 1 saturated carbocycles. The number of imidazole rings is 1. The van der Waals surface area contributed by atoms with Crippen molar-refractivity contribution in [2.24, 2.45) is 5.41 Å². The second-order valence-electron chi connectivity index (χ2n) is 12.6. The van der Waals surface area contributed by atoms with Crippen molar-refractivity contribution in [2.75, 3.05) is 37.8 Å². The summed E-state index contributed by atoms with van der Waals surface area (Å²) in [7, 11) is 0. The Labute approximate surface area is 289 Å². The van der Waals surface area contributed by atoms with Crippen molar-refractivity contribution in [3.63, 3.8) is 0 Å². The second kappa shape index (κ2) is 14.9. The molecule has 1 atom stereocenters. The molecule has 1 aliphatic carbocycles. The molecule has 0 radical (unpaired) electrons. The smallest absolute Gasteiger partial charge is 0.387 e. The number of pyridine rings is 1. The highest BCUT2D eigenvalue weighted by atomic mass is 35.5. The zero-order chi connectivity index (χ0) is 35.6. The van der Waals surface area contributed by atoms with E-state index in [1.54, 1.807) is 24.3 Å². The molecule has 4 aromatic rings. The number of alkyl halides is 5. The van der Waals surface area contributed by atoms with Crippen molar-refractivity contribution in [1.82, 2.24) is 19.4 Å². The van der Waals surface area contributed by atoms with Crippen LogP contribution in [0.5, 0.6) is 17.4 Å². The Balaban J connectivity index is 1.19. The molecule has 0 bridgehead atoms. The number of anilines is 1. The monoisotopic (exact) mass is 723 g/mol. The van der Waals surface area contributed by atoms with Crippen LogP contribution in [0.3, 0.4) is 0 Å². The third kappa shape index (κ3) is 8.15. The quantitative estimate of drug-likeness (QED) is 0.129. The van der Waals surface area contributed by atoms with Crippen LogP contribution in [-0.2, 0) is 19.7 Å². The van der Waals surface area contributed by atoms with E-state index < -0.39 is 37.7 Å². The fourth-order valence-corrected chi connectivity index (χ4v) is 6.22. The minimum atomic E-state index is -3.02. The molecule has 1 saturated heterocycles. The van der Waals surface area contributed by atoms with Gasteiger partial charge in [0.05, 0.1) is 24.3 Å². The number of fused-ring (bicyclic) bond motifs is 1. The third-order valence-electron chi connectivity index (χ3n) is 9.01. The molecule has 268 valence electrons. The predicted octanol–water partition coefficient (Wildman–Crippen LogP) is 7.07. The maximum Gasteiger partial charge on any atom is 0.387 e. The zero-order valence-corrected chi connectivity index (χ0v) is 27.8. The molecule has 10 nitrogen and oxygen atoms in total. The number of carboxylic acids is 1. The number of piperazine rings is 1. The molecular formula is C34H35ClF5N5O5. The van der Waals surface area contributed by atoms with E-state index in [2.05, 4.69) is 19.5 Å². The molecule has 0 amide bonds. The summed E-state index contributed by atoms with van der Waals surface area (Å²) in [5, 5.41) is 9.99. The Bertz CT molecular complexity index is 1840. The number of hydrogen-bond acceptors (Lipinski definition) is 8. The number of hydrogen-bond donors (Lipinski definition) is 1. The largest absolute Gasteiger partial charge is 0.485 e. The number of halogens is 6. The maximum atomic E-state index is 14.1. The summed E-state index contributed by atoms with van der Waals surface area (Å²) in [6.07, 6.45) is -1.43. The summed E-state index contributed by atoms with van der Waals surface area (Å²) in [5.74, 6) is 0.0932. The van der Waals surface area contributed by atoms with Gasteiger partial charge in [-0.2, -0.15) is 13.8 Å². The van der Waals surface area contributed by atoms with Crippen LogP contribution in [0.2, 0.25) is 5.02 Å². The normalized spacial score (nSPS) is 17.5. The summed E-state index contributed by atoms with van der Waals surface area (Å²) in [5.41, 5.74) is 0.290. The number of rotatable bonds is 15. The molecule has 2 aromatic carbocycles. The van der Waals surface area contributed by atoms with Crippen molar-refractivity contribution in [3.05, 3.63) is 70.5 Å². The van der Waals surface area contributed by atoms with E-state index in [1.807, 2.05) is 17.6 Å². The lowest BCUT2D eigenvalue weighted by Crippen LogP contribution is -2.52. The van der Waals surface area contributed by atoms with Gasteiger partial charge in [0.1, 0.15) is 41.9 Å². The van der Waals surface area contributed by atoms with Gasteiger partial charge in [0, 0.05) is 54.3 Å². The van der Waals surface area contributed by atoms with Crippen LogP contribution >= 0.6 is 11.6 Å². The first-order valence-electron chi connectivity index (χ1n) is 16.0. The minimum absolute atomic E-state index is 0.0216. The van der Waals surface area contributed by atoms with Gasteiger partial charge in [-0.05, 0) is 50.1 Å². The van der Waals surface area contributed by atoms with E-state index in [0.29, 0.717) is 61.7 Å². The lowest BCUT2D eigenvalue weighted by Gasteiger charge is -2.40. The Morgan fingerprint density at radius 1 is 1.06 bits per heavy atom. The van der Waals surface area contributed by atoms with Crippen LogP contribution in [0.15, 0.2) is 48.5 Å². The van der Waals surface area contributed by atoms with E-state index in [-0.39, 0.29) is 52.7 Å². The minimum Gasteiger partial charge on any atom is -0.485 e. The molecule has 1 aliphatic heterocycles. The molecule has 16 heteroatoms. The topological polar surface area (TPSA) is 102 Å². The molecule has 2 fully saturated rings. The van der Waals surface area contributed by atoms with E-state index >= 15 is 0 Å². The summed E-state index contributed by atoms with van der Waals surface area (Å²) in [6.45, 7) is -0.204. The van der Waals surface area contributed by atoms with E-state index in [1.165, 1.54) is 18.2 Å². The van der Waals surface area contributed by atoms with Gasteiger partial charge in [0.2, 0.25) is 5.88 Å². The molecule has 0 unspecified atom stereocenters. The van der Waals surface area contributed by atoms with Crippen molar-refractivity contribution in [1.29, 1.82) is 0 Å². The highest BCUT2D eigenvalue weighted by molar-refractivity contribution is 6.30. The van der Waals surface area contributed by atoms with E-state index in [9.17, 15) is 31.9 Å². The van der Waals surface area contributed by atoms with E-state index in [4.69, 9.17) is 26.1 Å². The SMILES string of the molecule is C[C@H]1CN(c2cccc(OCc3ccc(Cl)cc3OC(F)F)n2)CCN1Cc1nc2c(OCC(F)F)cc(C(=O)O)cc2n1CC1(CF)CC1. The lowest BCUT2D eigenvalue weighted by molar-refractivity contribution is -0.0508. The van der Waals surface area contributed by atoms with Crippen LogP contribution in [0.25, 0.3) is 11.0 Å². The molecule has 2 aromatic heterocycles. The number of carboxylic acid groups (broad SMARTS) is 1. The second-order valence-corrected chi connectivity index (χ2v) is 13.1. The van der Waals surface area contributed by atoms with Gasteiger partial charge >= 0.3 is 12.6 Å². The third-order valence-corrected chi connectivity index (χ3v) is 9.24. The van der Waals surface area contributed by atoms with Crippen LogP contribution in [0, 0.1) is 5.41 Å². The molecular weight excluding hydrogens is 689 g/mol. The van der Waals surface area contributed by atoms with Crippen molar-refractivity contribution in [3.8, 4) is 17.4 Å². The summed E-state index contributed by atoms with van der Waals surface area (Å²) < 4.78 is 83.6. The van der Waals surface area contributed by atoms with Crippen molar-refractivity contribution >= 4 is 34.4 Å². The average Bonchev–Trinajstić information content (AvgIpc) is 3.78. The highest BCUT2D eigenvalue weighted by Crippen LogP contribution is 2.48. The van der Waals surface area contributed by atoms with Crippen LogP contribution < -0.4 is 19.1 Å². The Morgan fingerprint density at radius 3 is 2.54 bits per heavy atom. The lowest BCUT2D eigenvalue weighted by atomic mass is 10.1. The number of nitrogens with zero attached hydrogens (tertiary/aromatic N) is 5. The highest BCUT2D eigenvalue weighted by Gasteiger charge is 2.44. The molecule has 1 N–H and O–H groups in total. The van der Waals surface area contributed by atoms with Gasteiger partial charge in [0.15, 0.2) is 0 Å².